The third-order valence-electron chi connectivity index (χ3n) is 4.49. The first-order valence-corrected chi connectivity index (χ1v) is 9.88. The first-order valence-electron chi connectivity index (χ1n) is 7.85. The highest BCUT2D eigenvalue weighted by Gasteiger charge is 2.31. The van der Waals surface area contributed by atoms with E-state index >= 15 is 0 Å². The average molecular weight is 387 g/mol. The van der Waals surface area contributed by atoms with Crippen molar-refractivity contribution in [3.63, 3.8) is 0 Å². The molecule has 0 fully saturated rings. The Morgan fingerprint density at radius 1 is 1.36 bits per heavy atom. The molecule has 25 heavy (non-hydrogen) atoms. The highest BCUT2D eigenvalue weighted by Crippen LogP contribution is 2.42. The van der Waals surface area contributed by atoms with E-state index in [-0.39, 0.29) is 11.8 Å². The van der Waals surface area contributed by atoms with Gasteiger partial charge in [-0.05, 0) is 40.4 Å². The number of benzene rings is 1. The lowest BCUT2D eigenvalue weighted by molar-refractivity contribution is -0.127. The molecule has 0 saturated heterocycles. The zero-order valence-corrected chi connectivity index (χ0v) is 15.7. The molecule has 0 unspecified atom stereocenters. The van der Waals surface area contributed by atoms with Crippen LogP contribution in [0.25, 0.3) is 11.1 Å². The van der Waals surface area contributed by atoms with Crippen LogP contribution in [0.5, 0.6) is 0 Å². The highest BCUT2D eigenvalue weighted by atomic mass is 35.5. The van der Waals surface area contributed by atoms with E-state index in [0.717, 1.165) is 20.3 Å². The van der Waals surface area contributed by atoms with Crippen molar-refractivity contribution in [3.05, 3.63) is 74.9 Å². The van der Waals surface area contributed by atoms with Gasteiger partial charge in [0, 0.05) is 34.5 Å². The fourth-order valence-corrected chi connectivity index (χ4v) is 5.24. The number of nitrogens with zero attached hydrogens (tertiary/aromatic N) is 2. The van der Waals surface area contributed by atoms with Crippen LogP contribution in [0.3, 0.4) is 0 Å². The van der Waals surface area contributed by atoms with Gasteiger partial charge in [0.25, 0.3) is 0 Å². The molecule has 4 rings (SSSR count). The SMILES string of the molecule is C=CC(=O)N1Cc2sc(Cl)cc2[C@H](c2ccccc2-c2cnsc2)C1. The Kier molecular flexibility index (Phi) is 4.46. The van der Waals surface area contributed by atoms with Crippen LogP contribution in [0, 0.1) is 0 Å². The third kappa shape index (κ3) is 3.03. The van der Waals surface area contributed by atoms with Crippen LogP contribution in [-0.4, -0.2) is 21.7 Å². The molecule has 126 valence electrons. The fraction of sp³-hybridized carbons (Fsp3) is 0.158. The third-order valence-corrected chi connectivity index (χ3v) is 6.34. The number of fused-ring (bicyclic) bond motifs is 1. The second kappa shape index (κ2) is 6.75. The van der Waals surface area contributed by atoms with Crippen LogP contribution in [0.1, 0.15) is 21.9 Å². The molecule has 1 aromatic carbocycles. The minimum Gasteiger partial charge on any atom is -0.333 e. The summed E-state index contributed by atoms with van der Waals surface area (Å²) in [6.45, 7) is 4.85. The van der Waals surface area contributed by atoms with Gasteiger partial charge >= 0.3 is 0 Å². The zero-order chi connectivity index (χ0) is 17.4. The molecular formula is C19H15ClN2OS2. The van der Waals surface area contributed by atoms with Crippen molar-refractivity contribution in [2.75, 3.05) is 6.54 Å². The van der Waals surface area contributed by atoms with Gasteiger partial charge in [-0.1, -0.05) is 42.4 Å². The van der Waals surface area contributed by atoms with Gasteiger partial charge in [-0.2, -0.15) is 0 Å². The van der Waals surface area contributed by atoms with E-state index in [9.17, 15) is 4.79 Å². The maximum Gasteiger partial charge on any atom is 0.246 e. The zero-order valence-electron chi connectivity index (χ0n) is 13.3. The van der Waals surface area contributed by atoms with Crippen molar-refractivity contribution in [1.29, 1.82) is 0 Å². The number of amides is 1. The summed E-state index contributed by atoms with van der Waals surface area (Å²) in [4.78, 5) is 15.2. The van der Waals surface area contributed by atoms with E-state index in [0.29, 0.717) is 13.1 Å². The number of hydrogen-bond donors (Lipinski definition) is 0. The molecule has 0 spiro atoms. The lowest BCUT2D eigenvalue weighted by Gasteiger charge is -2.33. The molecule has 3 heterocycles. The molecule has 3 aromatic rings. The smallest absolute Gasteiger partial charge is 0.246 e. The second-order valence-corrected chi connectivity index (χ2v) is 8.33. The predicted octanol–water partition coefficient (Wildman–Crippen LogP) is 5.19. The van der Waals surface area contributed by atoms with Gasteiger partial charge < -0.3 is 4.90 Å². The van der Waals surface area contributed by atoms with E-state index in [4.69, 9.17) is 11.6 Å². The maximum atomic E-state index is 12.2. The van der Waals surface area contributed by atoms with Crippen LogP contribution in [-0.2, 0) is 11.3 Å². The molecule has 1 amide bonds. The summed E-state index contributed by atoms with van der Waals surface area (Å²) in [6.07, 6.45) is 3.27. The Hall–Kier alpha value is -1.95. The van der Waals surface area contributed by atoms with Gasteiger partial charge in [0.1, 0.15) is 0 Å². The minimum atomic E-state index is -0.0464. The first kappa shape index (κ1) is 16.5. The average Bonchev–Trinajstić information content (AvgIpc) is 3.28. The van der Waals surface area contributed by atoms with Crippen molar-refractivity contribution in [2.45, 2.75) is 12.5 Å². The summed E-state index contributed by atoms with van der Waals surface area (Å²) in [5.41, 5.74) is 4.68. The normalized spacial score (nSPS) is 16.5. The minimum absolute atomic E-state index is 0.0464. The Bertz CT molecular complexity index is 933. The summed E-state index contributed by atoms with van der Waals surface area (Å²) in [5, 5.41) is 2.05. The van der Waals surface area contributed by atoms with E-state index < -0.39 is 0 Å². The number of hydrogen-bond acceptors (Lipinski definition) is 4. The number of halogens is 1. The molecular weight excluding hydrogens is 372 g/mol. The van der Waals surface area contributed by atoms with E-state index in [1.807, 2.05) is 29.3 Å². The van der Waals surface area contributed by atoms with Crippen LogP contribution < -0.4 is 0 Å². The van der Waals surface area contributed by atoms with Crippen molar-refractivity contribution < 1.29 is 4.79 Å². The van der Waals surface area contributed by atoms with Gasteiger partial charge in [-0.25, -0.2) is 4.37 Å². The van der Waals surface area contributed by atoms with Gasteiger partial charge in [0.15, 0.2) is 0 Å². The summed E-state index contributed by atoms with van der Waals surface area (Å²) in [5.74, 6) is 0.0438. The summed E-state index contributed by atoms with van der Waals surface area (Å²) in [7, 11) is 0. The number of thiophene rings is 1. The monoisotopic (exact) mass is 386 g/mol. The Morgan fingerprint density at radius 2 is 2.20 bits per heavy atom. The van der Waals surface area contributed by atoms with E-state index in [1.165, 1.54) is 28.7 Å². The van der Waals surface area contributed by atoms with E-state index in [1.54, 1.807) is 11.3 Å². The lowest BCUT2D eigenvalue weighted by Crippen LogP contribution is -2.37. The Morgan fingerprint density at radius 3 is 2.96 bits per heavy atom. The largest absolute Gasteiger partial charge is 0.333 e. The van der Waals surface area contributed by atoms with Crippen LogP contribution in [0.4, 0.5) is 0 Å². The van der Waals surface area contributed by atoms with Gasteiger partial charge in [0.2, 0.25) is 5.91 Å². The molecule has 1 aliphatic heterocycles. The molecule has 0 N–H and O–H groups in total. The summed E-state index contributed by atoms with van der Waals surface area (Å²) >= 11 is 9.28. The lowest BCUT2D eigenvalue weighted by atomic mass is 9.84. The van der Waals surface area contributed by atoms with Gasteiger partial charge in [-0.3, -0.25) is 4.79 Å². The van der Waals surface area contributed by atoms with Crippen LogP contribution in [0.15, 0.2) is 54.6 Å². The number of aromatic nitrogens is 1. The molecule has 1 aliphatic rings. The Labute approximate surface area is 159 Å². The quantitative estimate of drug-likeness (QED) is 0.580. The fourth-order valence-electron chi connectivity index (χ4n) is 3.35. The van der Waals surface area contributed by atoms with Crippen molar-refractivity contribution in [2.24, 2.45) is 0 Å². The summed E-state index contributed by atoms with van der Waals surface area (Å²) < 4.78 is 5.00. The topological polar surface area (TPSA) is 33.2 Å². The molecule has 0 radical (unpaired) electrons. The standard InChI is InChI=1S/C19H15ClN2OS2/c1-2-19(23)22-9-16(15-7-18(20)25-17(15)10-22)14-6-4-3-5-13(14)12-8-21-24-11-12/h2-8,11,16H,1,9-10H2/t16-/m0/s1. The highest BCUT2D eigenvalue weighted by molar-refractivity contribution is 7.16. The molecule has 0 saturated carbocycles. The van der Waals surface area contributed by atoms with Gasteiger partial charge in [0.05, 0.1) is 10.9 Å². The Balaban J connectivity index is 1.84. The molecule has 2 aromatic heterocycles. The second-order valence-electron chi connectivity index (χ2n) is 5.90. The van der Waals surface area contributed by atoms with Crippen LogP contribution in [0.2, 0.25) is 4.34 Å². The number of carbonyl (C=O) groups is 1. The number of rotatable bonds is 3. The first-order chi connectivity index (χ1) is 12.2. The predicted molar refractivity (Wildman–Crippen MR) is 104 cm³/mol. The maximum absolute atomic E-state index is 12.2. The molecule has 0 bridgehead atoms. The molecule has 1 atom stereocenters. The van der Waals surface area contributed by atoms with Crippen molar-refractivity contribution in [3.8, 4) is 11.1 Å². The molecule has 6 heteroatoms. The molecule has 0 aliphatic carbocycles. The van der Waals surface area contributed by atoms with Gasteiger partial charge in [-0.15, -0.1) is 11.3 Å². The van der Waals surface area contributed by atoms with Crippen LogP contribution >= 0.6 is 34.5 Å². The van der Waals surface area contributed by atoms with E-state index in [2.05, 4.69) is 28.5 Å². The van der Waals surface area contributed by atoms with Crippen molar-refractivity contribution >= 4 is 40.4 Å². The van der Waals surface area contributed by atoms with Crippen molar-refractivity contribution in [1.82, 2.24) is 9.27 Å². The molecule has 3 nitrogen and oxygen atoms in total. The summed E-state index contributed by atoms with van der Waals surface area (Å²) in [6, 6.07) is 10.4. The number of carbonyl (C=O) groups excluding carboxylic acids is 1.